The first-order chi connectivity index (χ1) is 10.1. The van der Waals surface area contributed by atoms with Crippen LogP contribution in [0.2, 0.25) is 0 Å². The molecule has 0 aromatic heterocycles. The predicted octanol–water partition coefficient (Wildman–Crippen LogP) is 3.00. The second-order valence-corrected chi connectivity index (χ2v) is 6.82. The lowest BCUT2D eigenvalue weighted by Gasteiger charge is -2.47. The Bertz CT molecular complexity index is 413. The van der Waals surface area contributed by atoms with E-state index in [1.165, 1.54) is 12.5 Å². The minimum Gasteiger partial charge on any atom is -0.456 e. The quantitative estimate of drug-likeness (QED) is 0.577. The third-order valence-corrected chi connectivity index (χ3v) is 5.62. The molecule has 2 bridgehead atoms. The summed E-state index contributed by atoms with van der Waals surface area (Å²) in [5.74, 6) is -0.0415. The maximum Gasteiger partial charge on any atom is 0.330 e. The number of methoxy groups -OCH3 is 1. The summed E-state index contributed by atoms with van der Waals surface area (Å²) in [6.07, 6.45) is 10.1. The van der Waals surface area contributed by atoms with Crippen molar-refractivity contribution < 1.29 is 19.0 Å². The molecular formula is C17H26O4. The Morgan fingerprint density at radius 1 is 1.33 bits per heavy atom. The fraction of sp³-hybridized carbons (Fsp3) is 0.824. The minimum atomic E-state index is -0.378. The molecule has 3 atom stereocenters. The van der Waals surface area contributed by atoms with Crippen LogP contribution in [0.15, 0.2) is 12.7 Å². The number of hydrogen-bond acceptors (Lipinski definition) is 4. The van der Waals surface area contributed by atoms with Crippen molar-refractivity contribution in [3.05, 3.63) is 12.7 Å². The number of carbonyl (C=O) groups excluding carboxylic acids is 1. The molecule has 3 unspecified atom stereocenters. The standard InChI is InChI=1S/C17H26O4/c1-3-15(18)21-16(8-5-4-6-9-16)14-11-13-7-10-17(14,20-13)12-19-2/h3,13-14H,1,4-12H2,2H3. The van der Waals surface area contributed by atoms with Crippen LogP contribution in [-0.4, -0.2) is 37.0 Å². The van der Waals surface area contributed by atoms with E-state index in [0.29, 0.717) is 12.7 Å². The second kappa shape index (κ2) is 5.73. The molecule has 0 spiro atoms. The highest BCUT2D eigenvalue weighted by molar-refractivity contribution is 5.81. The van der Waals surface area contributed by atoms with Crippen LogP contribution in [0.1, 0.15) is 51.4 Å². The Morgan fingerprint density at radius 3 is 2.71 bits per heavy atom. The normalized spacial score (nSPS) is 37.4. The third-order valence-electron chi connectivity index (χ3n) is 5.62. The van der Waals surface area contributed by atoms with Gasteiger partial charge in [-0.05, 0) is 44.9 Å². The van der Waals surface area contributed by atoms with Gasteiger partial charge < -0.3 is 14.2 Å². The molecular weight excluding hydrogens is 268 g/mol. The predicted molar refractivity (Wildman–Crippen MR) is 78.9 cm³/mol. The van der Waals surface area contributed by atoms with Gasteiger partial charge in [0.1, 0.15) is 5.60 Å². The molecule has 0 aromatic rings. The van der Waals surface area contributed by atoms with Crippen LogP contribution < -0.4 is 0 Å². The molecule has 118 valence electrons. The smallest absolute Gasteiger partial charge is 0.330 e. The average molecular weight is 294 g/mol. The van der Waals surface area contributed by atoms with Crippen LogP contribution in [0.25, 0.3) is 0 Å². The molecule has 0 radical (unpaired) electrons. The van der Waals surface area contributed by atoms with Crippen molar-refractivity contribution in [1.29, 1.82) is 0 Å². The summed E-state index contributed by atoms with van der Waals surface area (Å²) in [4.78, 5) is 11.9. The number of hydrogen-bond donors (Lipinski definition) is 0. The molecule has 21 heavy (non-hydrogen) atoms. The number of rotatable bonds is 5. The molecule has 3 fully saturated rings. The highest BCUT2D eigenvalue weighted by atomic mass is 16.6. The molecule has 2 aliphatic heterocycles. The molecule has 3 rings (SSSR count). The van der Waals surface area contributed by atoms with E-state index in [1.54, 1.807) is 7.11 Å². The van der Waals surface area contributed by atoms with Gasteiger partial charge in [-0.2, -0.15) is 0 Å². The van der Waals surface area contributed by atoms with Gasteiger partial charge in [-0.25, -0.2) is 4.79 Å². The third kappa shape index (κ3) is 2.53. The fourth-order valence-electron chi connectivity index (χ4n) is 4.81. The van der Waals surface area contributed by atoms with Crippen LogP contribution in [0.4, 0.5) is 0 Å². The van der Waals surface area contributed by atoms with Crippen molar-refractivity contribution in [3.63, 3.8) is 0 Å². The van der Waals surface area contributed by atoms with E-state index < -0.39 is 0 Å². The van der Waals surface area contributed by atoms with Crippen LogP contribution >= 0.6 is 0 Å². The Hall–Kier alpha value is -0.870. The summed E-state index contributed by atoms with van der Waals surface area (Å²) in [5, 5.41) is 0. The highest BCUT2D eigenvalue weighted by Crippen LogP contribution is 2.56. The van der Waals surface area contributed by atoms with Gasteiger partial charge in [0.2, 0.25) is 0 Å². The molecule has 4 heteroatoms. The Balaban J connectivity index is 1.88. The SMILES string of the molecule is C=CC(=O)OC1(C2CC3CCC2(COC)O3)CCCCC1. The molecule has 3 aliphatic rings. The van der Waals surface area contributed by atoms with Gasteiger partial charge in [0.15, 0.2) is 0 Å². The lowest BCUT2D eigenvalue weighted by atomic mass is 9.64. The largest absolute Gasteiger partial charge is 0.456 e. The Kier molecular flexibility index (Phi) is 4.10. The number of ether oxygens (including phenoxy) is 3. The molecule has 2 saturated heterocycles. The van der Waals surface area contributed by atoms with Gasteiger partial charge >= 0.3 is 5.97 Å². The topological polar surface area (TPSA) is 44.8 Å². The zero-order chi connectivity index (χ0) is 14.9. The zero-order valence-corrected chi connectivity index (χ0v) is 12.9. The summed E-state index contributed by atoms with van der Waals surface area (Å²) < 4.78 is 17.7. The summed E-state index contributed by atoms with van der Waals surface area (Å²) in [6, 6.07) is 0. The summed E-state index contributed by atoms with van der Waals surface area (Å²) in [6.45, 7) is 4.15. The number of carbonyl (C=O) groups is 1. The maximum absolute atomic E-state index is 11.9. The molecule has 1 aliphatic carbocycles. The van der Waals surface area contributed by atoms with E-state index >= 15 is 0 Å². The Labute approximate surface area is 126 Å². The molecule has 2 heterocycles. The fourth-order valence-corrected chi connectivity index (χ4v) is 4.81. The van der Waals surface area contributed by atoms with E-state index in [0.717, 1.165) is 44.9 Å². The molecule has 0 N–H and O–H groups in total. The van der Waals surface area contributed by atoms with Crippen LogP contribution in [0.3, 0.4) is 0 Å². The summed E-state index contributed by atoms with van der Waals surface area (Å²) in [5.41, 5.74) is -0.630. The molecule has 1 saturated carbocycles. The van der Waals surface area contributed by atoms with E-state index in [4.69, 9.17) is 14.2 Å². The lowest BCUT2D eigenvalue weighted by molar-refractivity contribution is -0.180. The van der Waals surface area contributed by atoms with Crippen molar-refractivity contribution in [2.45, 2.75) is 68.7 Å². The van der Waals surface area contributed by atoms with E-state index in [2.05, 4.69) is 6.58 Å². The first-order valence-electron chi connectivity index (χ1n) is 8.16. The van der Waals surface area contributed by atoms with E-state index in [-0.39, 0.29) is 23.1 Å². The number of esters is 1. The van der Waals surface area contributed by atoms with Crippen LogP contribution in [-0.2, 0) is 19.0 Å². The zero-order valence-electron chi connectivity index (χ0n) is 12.9. The van der Waals surface area contributed by atoms with Gasteiger partial charge in [0.25, 0.3) is 0 Å². The highest BCUT2D eigenvalue weighted by Gasteiger charge is 2.62. The number of fused-ring (bicyclic) bond motifs is 2. The average Bonchev–Trinajstić information content (AvgIpc) is 3.06. The van der Waals surface area contributed by atoms with Crippen LogP contribution in [0.5, 0.6) is 0 Å². The molecule has 4 nitrogen and oxygen atoms in total. The Morgan fingerprint density at radius 2 is 2.10 bits per heavy atom. The first kappa shape index (κ1) is 15.0. The van der Waals surface area contributed by atoms with Gasteiger partial charge in [0.05, 0.1) is 18.3 Å². The lowest BCUT2D eigenvalue weighted by Crippen LogP contribution is -2.54. The monoisotopic (exact) mass is 294 g/mol. The molecule has 0 aromatic carbocycles. The van der Waals surface area contributed by atoms with Crippen molar-refractivity contribution in [2.75, 3.05) is 13.7 Å². The van der Waals surface area contributed by atoms with Crippen molar-refractivity contribution in [2.24, 2.45) is 5.92 Å². The van der Waals surface area contributed by atoms with Crippen molar-refractivity contribution in [1.82, 2.24) is 0 Å². The van der Waals surface area contributed by atoms with E-state index in [1.807, 2.05) is 0 Å². The van der Waals surface area contributed by atoms with Crippen LogP contribution in [0, 0.1) is 5.92 Å². The minimum absolute atomic E-state index is 0.252. The second-order valence-electron chi connectivity index (χ2n) is 6.82. The van der Waals surface area contributed by atoms with Crippen molar-refractivity contribution >= 4 is 5.97 Å². The van der Waals surface area contributed by atoms with Gasteiger partial charge in [0, 0.05) is 19.1 Å². The summed E-state index contributed by atoms with van der Waals surface area (Å²) >= 11 is 0. The van der Waals surface area contributed by atoms with Gasteiger partial charge in [-0.1, -0.05) is 13.0 Å². The van der Waals surface area contributed by atoms with Crippen molar-refractivity contribution in [3.8, 4) is 0 Å². The molecule has 0 amide bonds. The first-order valence-corrected chi connectivity index (χ1v) is 8.16. The maximum atomic E-state index is 11.9. The van der Waals surface area contributed by atoms with Gasteiger partial charge in [-0.15, -0.1) is 0 Å². The van der Waals surface area contributed by atoms with Gasteiger partial charge in [-0.3, -0.25) is 0 Å². The van der Waals surface area contributed by atoms with E-state index in [9.17, 15) is 4.79 Å². The summed E-state index contributed by atoms with van der Waals surface area (Å²) in [7, 11) is 1.73.